The third kappa shape index (κ3) is 7.68. The highest BCUT2D eigenvalue weighted by Crippen LogP contribution is 2.44. The summed E-state index contributed by atoms with van der Waals surface area (Å²) >= 11 is 0. The van der Waals surface area contributed by atoms with Gasteiger partial charge in [-0.3, -0.25) is 0 Å². The molecule has 5 aromatic carbocycles. The van der Waals surface area contributed by atoms with E-state index in [0.29, 0.717) is 11.8 Å². The first kappa shape index (κ1) is 34.9. The van der Waals surface area contributed by atoms with E-state index in [1.165, 1.54) is 158 Å². The Hall–Kier alpha value is -3.58. The molecule has 5 aromatic rings. The Kier molecular flexibility index (Phi) is 11.6. The third-order valence-electron chi connectivity index (χ3n) is 12.7. The summed E-state index contributed by atoms with van der Waals surface area (Å²) in [6, 6.07) is 35.0. The maximum Gasteiger partial charge on any atom is 0.134 e. The van der Waals surface area contributed by atoms with E-state index < -0.39 is 0 Å². The number of rotatable bonds is 13. The summed E-state index contributed by atoms with van der Waals surface area (Å²) in [5.41, 5.74) is 8.19. The first-order valence-corrected chi connectivity index (χ1v) is 20.4. The van der Waals surface area contributed by atoms with Gasteiger partial charge in [0.15, 0.2) is 0 Å². The Morgan fingerprint density at radius 2 is 0.900 bits per heavy atom. The van der Waals surface area contributed by atoms with Crippen molar-refractivity contribution in [3.63, 3.8) is 0 Å². The molecule has 0 aliphatic heterocycles. The van der Waals surface area contributed by atoms with Crippen LogP contribution in [0.1, 0.15) is 140 Å². The van der Waals surface area contributed by atoms with Gasteiger partial charge < -0.3 is 4.74 Å². The minimum atomic E-state index is 0.711. The molecule has 50 heavy (non-hydrogen) atoms. The fourth-order valence-corrected chi connectivity index (χ4v) is 9.65. The predicted molar refractivity (Wildman–Crippen MR) is 217 cm³/mol. The second kappa shape index (κ2) is 16.6. The number of hydrogen-bond acceptors (Lipinski definition) is 1. The zero-order valence-electron chi connectivity index (χ0n) is 31.2. The SMILES string of the molecule is CCCCCC1CCC(c2ccc(-c3cccc4c(OC)c5cccc(-c6ccc(C7CCC(CCCCC)CC7)cc6)c5cc34)cc2)CC1. The van der Waals surface area contributed by atoms with Gasteiger partial charge in [-0.2, -0.15) is 0 Å². The summed E-state index contributed by atoms with van der Waals surface area (Å²) in [7, 11) is 1.83. The van der Waals surface area contributed by atoms with Gasteiger partial charge in [-0.05, 0) is 125 Å². The number of benzene rings is 5. The van der Waals surface area contributed by atoms with Crippen LogP contribution in [0.25, 0.3) is 43.8 Å². The molecule has 0 heterocycles. The molecule has 1 nitrogen and oxygen atoms in total. The van der Waals surface area contributed by atoms with Crippen molar-refractivity contribution in [3.8, 4) is 28.0 Å². The molecule has 2 aliphatic rings. The predicted octanol–water partition coefficient (Wildman–Crippen LogP) is 15.0. The second-order valence-electron chi connectivity index (χ2n) is 15.9. The fourth-order valence-electron chi connectivity index (χ4n) is 9.65. The van der Waals surface area contributed by atoms with Crippen molar-refractivity contribution in [3.05, 3.63) is 102 Å². The van der Waals surface area contributed by atoms with Crippen LogP contribution in [0.5, 0.6) is 5.75 Å². The molecule has 262 valence electrons. The lowest BCUT2D eigenvalue weighted by Gasteiger charge is -2.29. The van der Waals surface area contributed by atoms with Crippen molar-refractivity contribution in [1.29, 1.82) is 0 Å². The molecule has 0 bridgehead atoms. The summed E-state index contributed by atoms with van der Waals surface area (Å²) in [5, 5.41) is 4.88. The molecule has 0 saturated heterocycles. The maximum atomic E-state index is 6.20. The first-order chi connectivity index (χ1) is 24.7. The summed E-state index contributed by atoms with van der Waals surface area (Å²) < 4.78 is 6.20. The molecule has 0 atom stereocenters. The summed E-state index contributed by atoms with van der Waals surface area (Å²) in [5.74, 6) is 4.29. The maximum absolute atomic E-state index is 6.20. The molecule has 2 aliphatic carbocycles. The number of hydrogen-bond donors (Lipinski definition) is 0. The van der Waals surface area contributed by atoms with Crippen molar-refractivity contribution in [1.82, 2.24) is 0 Å². The van der Waals surface area contributed by atoms with E-state index in [2.05, 4.69) is 105 Å². The van der Waals surface area contributed by atoms with E-state index in [1.54, 1.807) is 0 Å². The van der Waals surface area contributed by atoms with Crippen molar-refractivity contribution in [2.24, 2.45) is 11.8 Å². The van der Waals surface area contributed by atoms with Crippen molar-refractivity contribution >= 4 is 21.5 Å². The summed E-state index contributed by atoms with van der Waals surface area (Å²) in [6.45, 7) is 4.63. The van der Waals surface area contributed by atoms with Crippen LogP contribution in [0, 0.1) is 11.8 Å². The molecule has 2 fully saturated rings. The molecule has 0 radical (unpaired) electrons. The monoisotopic (exact) mass is 664 g/mol. The van der Waals surface area contributed by atoms with E-state index in [4.69, 9.17) is 4.74 Å². The largest absolute Gasteiger partial charge is 0.495 e. The van der Waals surface area contributed by atoms with Gasteiger partial charge in [-0.25, -0.2) is 0 Å². The molecule has 1 heteroatoms. The number of methoxy groups -OCH3 is 1. The van der Waals surface area contributed by atoms with Gasteiger partial charge in [0.25, 0.3) is 0 Å². The van der Waals surface area contributed by atoms with Crippen LogP contribution in [-0.2, 0) is 0 Å². The van der Waals surface area contributed by atoms with E-state index in [9.17, 15) is 0 Å². The van der Waals surface area contributed by atoms with Crippen LogP contribution in [0.4, 0.5) is 0 Å². The van der Waals surface area contributed by atoms with Gasteiger partial charge in [-0.1, -0.05) is 150 Å². The summed E-state index contributed by atoms with van der Waals surface area (Å²) in [6.07, 6.45) is 22.1. The third-order valence-corrected chi connectivity index (χ3v) is 12.7. The van der Waals surface area contributed by atoms with Crippen LogP contribution < -0.4 is 4.74 Å². The minimum absolute atomic E-state index is 0.711. The van der Waals surface area contributed by atoms with E-state index in [1.807, 2.05) is 7.11 Å². The molecule has 0 unspecified atom stereocenters. The molecule has 0 aromatic heterocycles. The van der Waals surface area contributed by atoms with Crippen LogP contribution in [0.2, 0.25) is 0 Å². The van der Waals surface area contributed by atoms with Crippen LogP contribution in [0.3, 0.4) is 0 Å². The molecular weight excluding hydrogens is 605 g/mol. The second-order valence-corrected chi connectivity index (χ2v) is 15.9. The van der Waals surface area contributed by atoms with Crippen LogP contribution in [-0.4, -0.2) is 7.11 Å². The Morgan fingerprint density at radius 3 is 1.28 bits per heavy atom. The lowest BCUT2D eigenvalue weighted by molar-refractivity contribution is 0.303. The summed E-state index contributed by atoms with van der Waals surface area (Å²) in [4.78, 5) is 0. The smallest absolute Gasteiger partial charge is 0.134 e. The first-order valence-electron chi connectivity index (χ1n) is 20.4. The van der Waals surface area contributed by atoms with Gasteiger partial charge in [0.1, 0.15) is 5.75 Å². The number of unbranched alkanes of at least 4 members (excludes halogenated alkanes) is 4. The Bertz CT molecular complexity index is 1680. The van der Waals surface area contributed by atoms with E-state index in [0.717, 1.165) is 17.6 Å². The highest BCUT2D eigenvalue weighted by atomic mass is 16.5. The van der Waals surface area contributed by atoms with Crippen molar-refractivity contribution in [2.45, 2.75) is 128 Å². The van der Waals surface area contributed by atoms with E-state index >= 15 is 0 Å². The zero-order valence-corrected chi connectivity index (χ0v) is 31.2. The van der Waals surface area contributed by atoms with Crippen molar-refractivity contribution < 1.29 is 4.74 Å². The molecular formula is C49H60O. The fraction of sp³-hybridized carbons (Fsp3) is 0.469. The lowest BCUT2D eigenvalue weighted by atomic mass is 9.77. The number of fused-ring (bicyclic) bond motifs is 2. The highest BCUT2D eigenvalue weighted by molar-refractivity contribution is 6.13. The van der Waals surface area contributed by atoms with Crippen molar-refractivity contribution in [2.75, 3.05) is 7.11 Å². The van der Waals surface area contributed by atoms with Gasteiger partial charge in [0, 0.05) is 10.8 Å². The topological polar surface area (TPSA) is 9.23 Å². The average Bonchev–Trinajstić information content (AvgIpc) is 3.17. The van der Waals surface area contributed by atoms with Gasteiger partial charge in [-0.15, -0.1) is 0 Å². The van der Waals surface area contributed by atoms with Crippen LogP contribution >= 0.6 is 0 Å². The van der Waals surface area contributed by atoms with Gasteiger partial charge >= 0.3 is 0 Å². The Balaban J connectivity index is 1.13. The Morgan fingerprint density at radius 1 is 0.480 bits per heavy atom. The molecule has 0 spiro atoms. The zero-order chi connectivity index (χ0) is 34.3. The highest BCUT2D eigenvalue weighted by Gasteiger charge is 2.24. The normalized spacial score (nSPS) is 21.1. The molecule has 0 N–H and O–H groups in total. The van der Waals surface area contributed by atoms with Gasteiger partial charge in [0.05, 0.1) is 7.11 Å². The van der Waals surface area contributed by atoms with E-state index in [-0.39, 0.29) is 0 Å². The lowest BCUT2D eigenvalue weighted by Crippen LogP contribution is -2.13. The Labute approximate surface area is 302 Å². The molecule has 2 saturated carbocycles. The standard InChI is InChI=1S/C49H60O/c1-4-6-8-12-35-18-22-37(23-19-35)39-26-30-41(31-27-39)43-14-10-16-45-47(43)34-48-44(15-11-17-46(48)49(45)50-3)42-32-28-40(29-33-42)38-24-20-36(21-25-38)13-9-7-5-2/h10-11,14-17,26-38H,4-9,12-13,18-25H2,1-3H3. The minimum Gasteiger partial charge on any atom is -0.495 e. The number of ether oxygens (including phenoxy) is 1. The molecule has 0 amide bonds. The molecule has 7 rings (SSSR count). The van der Waals surface area contributed by atoms with Crippen LogP contribution in [0.15, 0.2) is 91.0 Å². The quantitative estimate of drug-likeness (QED) is 0.0899. The average molecular weight is 665 g/mol. The van der Waals surface area contributed by atoms with Gasteiger partial charge in [0.2, 0.25) is 0 Å².